The Bertz CT molecular complexity index is 787. The van der Waals surface area contributed by atoms with Gasteiger partial charge in [0, 0.05) is 49.9 Å². The Morgan fingerprint density at radius 1 is 1.17 bits per heavy atom. The summed E-state index contributed by atoms with van der Waals surface area (Å²) in [5, 5.41) is 17.9. The van der Waals surface area contributed by atoms with Gasteiger partial charge in [0.2, 0.25) is 0 Å². The highest BCUT2D eigenvalue weighted by Crippen LogP contribution is 2.21. The van der Waals surface area contributed by atoms with E-state index < -0.39 is 6.10 Å². The second-order valence-corrected chi connectivity index (χ2v) is 5.61. The topological polar surface area (TPSA) is 63.0 Å². The molecule has 3 aromatic rings. The fraction of sp³-hybridized carbons (Fsp3) is 0.222. The molecule has 0 aliphatic carbocycles. The molecule has 5 nitrogen and oxygen atoms in total. The van der Waals surface area contributed by atoms with Crippen LogP contribution in [0.1, 0.15) is 17.2 Å². The molecule has 1 aromatic carbocycles. The monoisotopic (exact) mass is 326 g/mol. The Morgan fingerprint density at radius 2 is 1.88 bits per heavy atom. The molecule has 2 N–H and O–H groups in total. The summed E-state index contributed by atoms with van der Waals surface area (Å²) >= 11 is 0. The quantitative estimate of drug-likeness (QED) is 0.730. The molecule has 0 spiro atoms. The fourth-order valence-electron chi connectivity index (χ4n) is 2.57. The summed E-state index contributed by atoms with van der Waals surface area (Å²) in [6.07, 6.45) is 4.73. The third-order valence-electron chi connectivity index (χ3n) is 3.77. The van der Waals surface area contributed by atoms with E-state index in [0.29, 0.717) is 18.7 Å². The third kappa shape index (κ3) is 3.84. The lowest BCUT2D eigenvalue weighted by Crippen LogP contribution is -2.21. The molecule has 124 valence electrons. The molecule has 0 amide bonds. The van der Waals surface area contributed by atoms with Crippen LogP contribution in [-0.2, 0) is 13.6 Å². The average molecular weight is 326 g/mol. The van der Waals surface area contributed by atoms with E-state index in [4.69, 9.17) is 0 Å². The van der Waals surface area contributed by atoms with Crippen molar-refractivity contribution < 1.29 is 9.50 Å². The van der Waals surface area contributed by atoms with Gasteiger partial charge in [0.05, 0.1) is 11.8 Å². The van der Waals surface area contributed by atoms with Crippen LogP contribution in [0.15, 0.2) is 55.0 Å². The number of aromatic nitrogens is 3. The Hall–Kier alpha value is -2.57. The Labute approximate surface area is 139 Å². The summed E-state index contributed by atoms with van der Waals surface area (Å²) < 4.78 is 14.7. The summed E-state index contributed by atoms with van der Waals surface area (Å²) in [5.74, 6) is -0.309. The van der Waals surface area contributed by atoms with Gasteiger partial charge >= 0.3 is 0 Å². The highest BCUT2D eigenvalue weighted by Gasteiger charge is 2.11. The van der Waals surface area contributed by atoms with Gasteiger partial charge in [-0.2, -0.15) is 5.10 Å². The Morgan fingerprint density at radius 3 is 2.58 bits per heavy atom. The van der Waals surface area contributed by atoms with Gasteiger partial charge in [-0.15, -0.1) is 0 Å². The fourth-order valence-corrected chi connectivity index (χ4v) is 2.57. The molecule has 0 saturated heterocycles. The van der Waals surface area contributed by atoms with Crippen molar-refractivity contribution in [3.05, 3.63) is 71.9 Å². The van der Waals surface area contributed by atoms with Crippen LogP contribution in [0.2, 0.25) is 0 Å². The minimum atomic E-state index is -0.688. The first-order valence-electron chi connectivity index (χ1n) is 7.70. The van der Waals surface area contributed by atoms with Crippen LogP contribution < -0.4 is 5.32 Å². The van der Waals surface area contributed by atoms with E-state index >= 15 is 0 Å². The molecular formula is C18H19FN4O. The van der Waals surface area contributed by atoms with Crippen LogP contribution >= 0.6 is 0 Å². The van der Waals surface area contributed by atoms with Crippen molar-refractivity contribution >= 4 is 0 Å². The minimum absolute atomic E-state index is 0.309. The number of aliphatic hydroxyl groups excluding tert-OH is 1. The van der Waals surface area contributed by atoms with Crippen molar-refractivity contribution in [2.45, 2.75) is 12.6 Å². The van der Waals surface area contributed by atoms with Crippen LogP contribution in [0, 0.1) is 5.82 Å². The lowest BCUT2D eigenvalue weighted by molar-refractivity contribution is 0.174. The standard InChI is InChI=1S/C18H19FN4O/c1-23-12-15(18(22-23)14-6-8-20-9-7-14)10-21-11-17(24)13-2-4-16(19)5-3-13/h2-9,12,17,21,24H,10-11H2,1H3/t17-/m1/s1. The van der Waals surface area contributed by atoms with Gasteiger partial charge in [0.1, 0.15) is 5.82 Å². The van der Waals surface area contributed by atoms with Crippen LogP contribution in [0.3, 0.4) is 0 Å². The van der Waals surface area contributed by atoms with Gasteiger partial charge in [-0.25, -0.2) is 4.39 Å². The third-order valence-corrected chi connectivity index (χ3v) is 3.77. The molecule has 2 heterocycles. The zero-order valence-electron chi connectivity index (χ0n) is 13.4. The van der Waals surface area contributed by atoms with Crippen molar-refractivity contribution in [2.24, 2.45) is 7.05 Å². The predicted octanol–water partition coefficient (Wildman–Crippen LogP) is 2.44. The maximum Gasteiger partial charge on any atom is 0.123 e. The number of aliphatic hydroxyl groups is 1. The molecular weight excluding hydrogens is 307 g/mol. The van der Waals surface area contributed by atoms with Crippen LogP contribution in [0.25, 0.3) is 11.3 Å². The Balaban J connectivity index is 1.64. The number of hydrogen-bond donors (Lipinski definition) is 2. The lowest BCUT2D eigenvalue weighted by Gasteiger charge is -2.12. The zero-order valence-corrected chi connectivity index (χ0v) is 13.4. The number of nitrogens with zero attached hydrogens (tertiary/aromatic N) is 3. The van der Waals surface area contributed by atoms with Crippen molar-refractivity contribution in [3.63, 3.8) is 0 Å². The molecule has 24 heavy (non-hydrogen) atoms. The van der Waals surface area contributed by atoms with E-state index in [1.165, 1.54) is 12.1 Å². The van der Waals surface area contributed by atoms with Crippen LogP contribution in [-0.4, -0.2) is 26.4 Å². The average Bonchev–Trinajstić information content (AvgIpc) is 2.97. The van der Waals surface area contributed by atoms with E-state index in [1.807, 2.05) is 25.4 Å². The van der Waals surface area contributed by atoms with Crippen LogP contribution in [0.4, 0.5) is 4.39 Å². The van der Waals surface area contributed by atoms with Gasteiger partial charge in [0.25, 0.3) is 0 Å². The Kier molecular flexibility index (Phi) is 4.98. The van der Waals surface area contributed by atoms with Crippen molar-refractivity contribution in [2.75, 3.05) is 6.54 Å². The minimum Gasteiger partial charge on any atom is -0.387 e. The maximum atomic E-state index is 12.9. The van der Waals surface area contributed by atoms with Crippen molar-refractivity contribution in [1.29, 1.82) is 0 Å². The number of rotatable bonds is 6. The summed E-state index contributed by atoms with van der Waals surface area (Å²) in [5.41, 5.74) is 3.62. The number of hydrogen-bond acceptors (Lipinski definition) is 4. The van der Waals surface area contributed by atoms with Crippen molar-refractivity contribution in [3.8, 4) is 11.3 Å². The molecule has 1 atom stereocenters. The lowest BCUT2D eigenvalue weighted by atomic mass is 10.1. The second kappa shape index (κ2) is 7.33. The summed E-state index contributed by atoms with van der Waals surface area (Å²) in [4.78, 5) is 4.02. The van der Waals surface area contributed by atoms with E-state index in [2.05, 4.69) is 15.4 Å². The second-order valence-electron chi connectivity index (χ2n) is 5.61. The predicted molar refractivity (Wildman–Crippen MR) is 89.5 cm³/mol. The van der Waals surface area contributed by atoms with Gasteiger partial charge in [-0.05, 0) is 29.8 Å². The van der Waals surface area contributed by atoms with E-state index in [-0.39, 0.29) is 5.82 Å². The van der Waals surface area contributed by atoms with Crippen LogP contribution in [0.5, 0.6) is 0 Å². The molecule has 6 heteroatoms. The number of halogens is 1. The molecule has 2 aromatic heterocycles. The molecule has 0 unspecified atom stereocenters. The summed E-state index contributed by atoms with van der Waals surface area (Å²) in [7, 11) is 1.88. The highest BCUT2D eigenvalue weighted by molar-refractivity contribution is 5.61. The van der Waals surface area contributed by atoms with Gasteiger partial charge in [-0.3, -0.25) is 9.67 Å². The first kappa shape index (κ1) is 16.3. The smallest absolute Gasteiger partial charge is 0.123 e. The SMILES string of the molecule is Cn1cc(CNC[C@@H](O)c2ccc(F)cc2)c(-c2ccncc2)n1. The first-order chi connectivity index (χ1) is 11.6. The molecule has 3 rings (SSSR count). The first-order valence-corrected chi connectivity index (χ1v) is 7.70. The zero-order chi connectivity index (χ0) is 16.9. The summed E-state index contributed by atoms with van der Waals surface area (Å²) in [6, 6.07) is 9.71. The summed E-state index contributed by atoms with van der Waals surface area (Å²) in [6.45, 7) is 0.945. The largest absolute Gasteiger partial charge is 0.387 e. The van der Waals surface area contributed by atoms with E-state index in [9.17, 15) is 9.50 Å². The maximum absolute atomic E-state index is 12.9. The molecule has 0 fully saturated rings. The van der Waals surface area contributed by atoms with Crippen molar-refractivity contribution in [1.82, 2.24) is 20.1 Å². The normalized spacial score (nSPS) is 12.3. The van der Waals surface area contributed by atoms with E-state index in [1.54, 1.807) is 29.2 Å². The van der Waals surface area contributed by atoms with Gasteiger partial charge in [0.15, 0.2) is 0 Å². The molecule has 0 radical (unpaired) electrons. The van der Waals surface area contributed by atoms with Gasteiger partial charge < -0.3 is 10.4 Å². The molecule has 0 bridgehead atoms. The molecule has 0 aliphatic heterocycles. The molecule has 0 aliphatic rings. The number of nitrogens with one attached hydrogen (secondary N) is 1. The highest BCUT2D eigenvalue weighted by atomic mass is 19.1. The number of pyridine rings is 1. The number of aryl methyl sites for hydroxylation is 1. The molecule has 0 saturated carbocycles. The number of benzene rings is 1. The van der Waals surface area contributed by atoms with E-state index in [0.717, 1.165) is 16.8 Å². The van der Waals surface area contributed by atoms with Gasteiger partial charge in [-0.1, -0.05) is 12.1 Å².